The Bertz CT molecular complexity index is 563. The molecule has 2 amide bonds. The molecule has 2 heterocycles. The number of nitrogens with two attached hydrogens (primary N) is 1. The Morgan fingerprint density at radius 3 is 2.61 bits per heavy atom. The van der Waals surface area contributed by atoms with Gasteiger partial charge in [-0.2, -0.15) is 0 Å². The lowest BCUT2D eigenvalue weighted by Crippen LogP contribution is -2.59. The van der Waals surface area contributed by atoms with Crippen molar-refractivity contribution in [3.8, 4) is 0 Å². The van der Waals surface area contributed by atoms with Crippen molar-refractivity contribution in [3.63, 3.8) is 0 Å². The van der Waals surface area contributed by atoms with Crippen molar-refractivity contribution in [2.24, 2.45) is 5.73 Å². The Morgan fingerprint density at radius 1 is 1.39 bits per heavy atom. The Balaban J connectivity index is 2.18. The average molecular weight is 346 g/mol. The summed E-state index contributed by atoms with van der Waals surface area (Å²) in [6.45, 7) is 4.45. The van der Waals surface area contributed by atoms with E-state index in [-0.39, 0.29) is 24.3 Å². The van der Waals surface area contributed by atoms with Crippen LogP contribution in [0.1, 0.15) is 39.5 Å². The van der Waals surface area contributed by atoms with Gasteiger partial charge < -0.3 is 15.8 Å². The molecule has 2 rings (SSSR count). The van der Waals surface area contributed by atoms with Crippen molar-refractivity contribution in [1.82, 2.24) is 9.62 Å². The highest BCUT2D eigenvalue weighted by atomic mass is 32.2. The third-order valence-corrected chi connectivity index (χ3v) is 6.14. The molecular weight excluding hydrogens is 322 g/mol. The number of nitrogens with zero attached hydrogens (tertiary/aromatic N) is 1. The largest absolute Gasteiger partial charge is 0.367 e. The predicted molar refractivity (Wildman–Crippen MR) is 83.4 cm³/mol. The van der Waals surface area contributed by atoms with Crippen molar-refractivity contribution in [1.29, 1.82) is 0 Å². The molecule has 8 nitrogen and oxygen atoms in total. The van der Waals surface area contributed by atoms with E-state index in [1.807, 2.05) is 0 Å². The number of ether oxygens (including phenoxy) is 1. The molecule has 9 heteroatoms. The highest BCUT2D eigenvalue weighted by Crippen LogP contribution is 2.40. The first-order chi connectivity index (χ1) is 10.7. The summed E-state index contributed by atoms with van der Waals surface area (Å²) in [5.74, 6) is -1.50. The zero-order valence-electron chi connectivity index (χ0n) is 13.5. The van der Waals surface area contributed by atoms with E-state index in [4.69, 9.17) is 10.5 Å². The normalized spacial score (nSPS) is 29.4. The van der Waals surface area contributed by atoms with Gasteiger partial charge in [0.1, 0.15) is 5.60 Å². The van der Waals surface area contributed by atoms with E-state index >= 15 is 0 Å². The number of carbonyl (C=O) groups is 2. The second kappa shape index (κ2) is 6.74. The van der Waals surface area contributed by atoms with Crippen LogP contribution in [-0.4, -0.2) is 55.0 Å². The third-order valence-electron chi connectivity index (χ3n) is 4.35. The van der Waals surface area contributed by atoms with Crippen LogP contribution in [0, 0.1) is 6.10 Å². The van der Waals surface area contributed by atoms with Crippen LogP contribution in [-0.2, 0) is 24.3 Å². The van der Waals surface area contributed by atoms with E-state index in [1.54, 1.807) is 0 Å². The minimum absolute atomic E-state index is 0.0134. The quantitative estimate of drug-likeness (QED) is 0.693. The summed E-state index contributed by atoms with van der Waals surface area (Å²) in [6, 6.07) is -0.390. The van der Waals surface area contributed by atoms with Crippen LogP contribution in [0.3, 0.4) is 0 Å². The molecule has 0 aromatic rings. The Kier molecular flexibility index (Phi) is 5.32. The summed E-state index contributed by atoms with van der Waals surface area (Å²) in [5.41, 5.74) is 3.99. The van der Waals surface area contributed by atoms with Gasteiger partial charge in [0, 0.05) is 12.5 Å². The maximum Gasteiger partial charge on any atom is 0.272 e. The molecule has 0 aliphatic carbocycles. The molecule has 0 bridgehead atoms. The monoisotopic (exact) mass is 346 g/mol. The molecule has 3 N–H and O–H groups in total. The number of sulfonamides is 1. The lowest BCUT2D eigenvalue weighted by molar-refractivity contribution is -0.174. The molecule has 0 spiro atoms. The van der Waals surface area contributed by atoms with E-state index in [0.29, 0.717) is 19.4 Å². The smallest absolute Gasteiger partial charge is 0.272 e. The van der Waals surface area contributed by atoms with Gasteiger partial charge in [0.2, 0.25) is 15.9 Å². The fourth-order valence-electron chi connectivity index (χ4n) is 2.84. The lowest BCUT2D eigenvalue weighted by atomic mass is 9.89. The first-order valence-electron chi connectivity index (χ1n) is 7.83. The van der Waals surface area contributed by atoms with E-state index < -0.39 is 27.4 Å². The molecule has 2 saturated heterocycles. The van der Waals surface area contributed by atoms with Gasteiger partial charge in [-0.15, -0.1) is 0 Å². The summed E-state index contributed by atoms with van der Waals surface area (Å²) >= 11 is 0. The molecule has 2 aliphatic heterocycles. The molecule has 0 aromatic heterocycles. The number of hydrogen-bond acceptors (Lipinski definition) is 6. The van der Waals surface area contributed by atoms with Crippen LogP contribution >= 0.6 is 0 Å². The van der Waals surface area contributed by atoms with E-state index in [9.17, 15) is 18.0 Å². The molecule has 131 valence electrons. The average Bonchev–Trinajstić information content (AvgIpc) is 2.72. The lowest BCUT2D eigenvalue weighted by Gasteiger charge is -2.43. The van der Waals surface area contributed by atoms with Gasteiger partial charge in [0.05, 0.1) is 5.75 Å². The van der Waals surface area contributed by atoms with Crippen molar-refractivity contribution in [2.45, 2.75) is 51.2 Å². The molecule has 1 unspecified atom stereocenters. The molecular formula is C14H24N3O5S. The summed E-state index contributed by atoms with van der Waals surface area (Å²) in [7, 11) is -3.72. The van der Waals surface area contributed by atoms with Gasteiger partial charge in [0.25, 0.3) is 5.91 Å². The van der Waals surface area contributed by atoms with E-state index in [2.05, 4.69) is 5.32 Å². The van der Waals surface area contributed by atoms with Crippen LogP contribution in [0.25, 0.3) is 0 Å². The predicted octanol–water partition coefficient (Wildman–Crippen LogP) is -0.497. The summed E-state index contributed by atoms with van der Waals surface area (Å²) < 4.78 is 31.1. The molecule has 2 aliphatic rings. The van der Waals surface area contributed by atoms with Gasteiger partial charge in [0.15, 0.2) is 6.10 Å². The highest BCUT2D eigenvalue weighted by Gasteiger charge is 2.53. The summed E-state index contributed by atoms with van der Waals surface area (Å²) in [5, 5.41) is 3.19. The van der Waals surface area contributed by atoms with Gasteiger partial charge in [-0.25, -0.2) is 12.7 Å². The van der Waals surface area contributed by atoms with Crippen molar-refractivity contribution in [2.75, 3.05) is 18.8 Å². The first-order valence-corrected chi connectivity index (χ1v) is 9.44. The molecule has 0 aromatic carbocycles. The Hall–Kier alpha value is -1.19. The number of carbonyl (C=O) groups excluding carboxylic acids is 2. The van der Waals surface area contributed by atoms with Gasteiger partial charge >= 0.3 is 0 Å². The molecule has 0 saturated carbocycles. The maximum absolute atomic E-state index is 12.7. The Morgan fingerprint density at radius 2 is 2.04 bits per heavy atom. The SMILES string of the molecule is CCS(=O)(=O)N(C(=O)[C]1C[C@@](C)(C(N)=O)O1)C1CCCNCC1. The van der Waals surface area contributed by atoms with Crippen molar-refractivity contribution in [3.05, 3.63) is 6.10 Å². The van der Waals surface area contributed by atoms with Crippen LogP contribution in [0.5, 0.6) is 0 Å². The Labute approximate surface area is 136 Å². The fraction of sp³-hybridized carbons (Fsp3) is 0.786. The van der Waals surface area contributed by atoms with Crippen LogP contribution < -0.4 is 11.1 Å². The van der Waals surface area contributed by atoms with Crippen LogP contribution in [0.2, 0.25) is 0 Å². The number of hydrogen-bond donors (Lipinski definition) is 2. The van der Waals surface area contributed by atoms with Crippen molar-refractivity contribution < 1.29 is 22.7 Å². The molecule has 23 heavy (non-hydrogen) atoms. The second-order valence-corrected chi connectivity index (χ2v) is 8.27. The standard InChI is InChI=1S/C14H24N3O5S/c1-3-23(20,21)17(10-5-4-7-16-8-6-10)12(18)11-9-14(2,22-11)13(15)19/h10,16H,3-9H2,1-2H3,(H2,15,19)/t10?,14-/m0/s1. The molecule has 1 radical (unpaired) electrons. The zero-order valence-corrected chi connectivity index (χ0v) is 14.3. The maximum atomic E-state index is 12.7. The minimum Gasteiger partial charge on any atom is -0.367 e. The van der Waals surface area contributed by atoms with Gasteiger partial charge in [-0.1, -0.05) is 0 Å². The number of amides is 2. The number of nitrogens with one attached hydrogen (secondary N) is 1. The van der Waals surface area contributed by atoms with E-state index in [0.717, 1.165) is 17.3 Å². The van der Waals surface area contributed by atoms with Gasteiger partial charge in [-0.3, -0.25) is 9.59 Å². The molecule has 2 atom stereocenters. The van der Waals surface area contributed by atoms with Crippen molar-refractivity contribution >= 4 is 21.8 Å². The van der Waals surface area contributed by atoms with E-state index in [1.165, 1.54) is 13.8 Å². The summed E-state index contributed by atoms with van der Waals surface area (Å²) in [4.78, 5) is 23.9. The molecule has 2 fully saturated rings. The first kappa shape index (κ1) is 18.2. The fourth-order valence-corrected chi connectivity index (χ4v) is 4.14. The zero-order chi connectivity index (χ0) is 17.3. The third kappa shape index (κ3) is 3.67. The van der Waals surface area contributed by atoms with Crippen LogP contribution in [0.4, 0.5) is 0 Å². The van der Waals surface area contributed by atoms with Gasteiger partial charge in [-0.05, 0) is 46.2 Å². The second-order valence-electron chi connectivity index (χ2n) is 6.13. The number of primary amides is 1. The van der Waals surface area contributed by atoms with Crippen LogP contribution in [0.15, 0.2) is 0 Å². The number of rotatable bonds is 5. The highest BCUT2D eigenvalue weighted by molar-refractivity contribution is 7.89. The minimum atomic E-state index is -3.72. The topological polar surface area (TPSA) is 119 Å². The summed E-state index contributed by atoms with van der Waals surface area (Å²) in [6.07, 6.45) is 1.98.